The van der Waals surface area contributed by atoms with Crippen LogP contribution in [0.4, 0.5) is 0 Å². The fourth-order valence-corrected chi connectivity index (χ4v) is 5.83. The van der Waals surface area contributed by atoms with E-state index in [1.165, 1.54) is 0 Å². The van der Waals surface area contributed by atoms with Gasteiger partial charge in [0.25, 0.3) is 10.2 Å². The molecule has 27 heavy (non-hydrogen) atoms. The molecule has 3 rings (SSSR count). The van der Waals surface area contributed by atoms with Crippen molar-refractivity contribution >= 4 is 16.1 Å². The molecule has 0 aromatic carbocycles. The Kier molecular flexibility index (Phi) is 6.79. The van der Waals surface area contributed by atoms with Gasteiger partial charge in [-0.05, 0) is 40.3 Å². The number of hydrogen-bond acceptors (Lipinski definition) is 5. The fraction of sp³-hybridized carbons (Fsp3) is 0.944. The van der Waals surface area contributed by atoms with Gasteiger partial charge in [0.2, 0.25) is 5.91 Å². The van der Waals surface area contributed by atoms with E-state index in [0.29, 0.717) is 45.3 Å². The van der Waals surface area contributed by atoms with E-state index in [1.807, 2.05) is 11.9 Å². The zero-order chi connectivity index (χ0) is 19.6. The third-order valence-corrected chi connectivity index (χ3v) is 8.23. The quantitative estimate of drug-likeness (QED) is 0.650. The minimum absolute atomic E-state index is 0.0574. The van der Waals surface area contributed by atoms with Crippen molar-refractivity contribution in [2.45, 2.75) is 32.7 Å². The summed E-state index contributed by atoms with van der Waals surface area (Å²) in [6.07, 6.45) is 2.01. The zero-order valence-corrected chi connectivity index (χ0v) is 17.8. The maximum atomic E-state index is 12.9. The summed E-state index contributed by atoms with van der Waals surface area (Å²) in [5.74, 6) is 0.263. The Morgan fingerprint density at radius 3 is 2.00 bits per heavy atom. The summed E-state index contributed by atoms with van der Waals surface area (Å²) >= 11 is 0. The predicted molar refractivity (Wildman–Crippen MR) is 106 cm³/mol. The summed E-state index contributed by atoms with van der Waals surface area (Å²) in [6, 6.07) is 0.464. The SMILES string of the molecule is CC(C)N1CCCC(C(=O)N2CCN(S(=O)(=O)N3CCN(C)CC3)CC2)C1. The van der Waals surface area contributed by atoms with E-state index < -0.39 is 10.2 Å². The van der Waals surface area contributed by atoms with Crippen molar-refractivity contribution in [3.8, 4) is 0 Å². The highest BCUT2D eigenvalue weighted by molar-refractivity contribution is 7.86. The molecule has 1 unspecified atom stereocenters. The van der Waals surface area contributed by atoms with Crippen molar-refractivity contribution in [2.75, 3.05) is 72.5 Å². The van der Waals surface area contributed by atoms with E-state index in [9.17, 15) is 13.2 Å². The van der Waals surface area contributed by atoms with Crippen molar-refractivity contribution in [1.29, 1.82) is 0 Å². The second-order valence-corrected chi connectivity index (χ2v) is 10.3. The van der Waals surface area contributed by atoms with Crippen molar-refractivity contribution in [3.63, 3.8) is 0 Å². The molecule has 156 valence electrons. The molecule has 0 aliphatic carbocycles. The first kappa shape index (κ1) is 21.0. The molecule has 0 bridgehead atoms. The second-order valence-electron chi connectivity index (χ2n) is 8.36. The molecule has 8 nitrogen and oxygen atoms in total. The van der Waals surface area contributed by atoms with Crippen molar-refractivity contribution in [3.05, 3.63) is 0 Å². The lowest BCUT2D eigenvalue weighted by Crippen LogP contribution is -2.58. The lowest BCUT2D eigenvalue weighted by Gasteiger charge is -2.41. The van der Waals surface area contributed by atoms with Crippen LogP contribution in [0.3, 0.4) is 0 Å². The fourth-order valence-electron chi connectivity index (χ4n) is 4.26. The zero-order valence-electron chi connectivity index (χ0n) is 17.0. The Morgan fingerprint density at radius 2 is 1.44 bits per heavy atom. The Bertz CT molecular complexity index is 610. The summed E-state index contributed by atoms with van der Waals surface area (Å²) in [7, 11) is -1.39. The maximum Gasteiger partial charge on any atom is 0.282 e. The molecule has 0 N–H and O–H groups in total. The lowest BCUT2D eigenvalue weighted by molar-refractivity contribution is -0.138. The number of piperidine rings is 1. The maximum absolute atomic E-state index is 12.9. The van der Waals surface area contributed by atoms with Crippen LogP contribution in [0.15, 0.2) is 0 Å². The van der Waals surface area contributed by atoms with Gasteiger partial charge in [0.05, 0.1) is 5.92 Å². The molecule has 1 amide bonds. The molecule has 9 heteroatoms. The topological polar surface area (TPSA) is 67.4 Å². The largest absolute Gasteiger partial charge is 0.340 e. The standard InChI is InChI=1S/C18H35N5O3S/c1-16(2)21-6-4-5-17(15-21)18(24)20-9-13-23(14-10-20)27(25,26)22-11-7-19(3)8-12-22/h16-17H,4-15H2,1-3H3. The minimum Gasteiger partial charge on any atom is -0.340 e. The van der Waals surface area contributed by atoms with Gasteiger partial charge in [0, 0.05) is 64.9 Å². The van der Waals surface area contributed by atoms with Crippen LogP contribution in [0.25, 0.3) is 0 Å². The Hall–Kier alpha value is -0.740. The van der Waals surface area contributed by atoms with Crippen molar-refractivity contribution in [2.24, 2.45) is 5.92 Å². The molecule has 0 radical (unpaired) electrons. The van der Waals surface area contributed by atoms with Crippen LogP contribution in [0.2, 0.25) is 0 Å². The smallest absolute Gasteiger partial charge is 0.282 e. The van der Waals surface area contributed by atoms with E-state index >= 15 is 0 Å². The first-order chi connectivity index (χ1) is 12.8. The van der Waals surface area contributed by atoms with Crippen molar-refractivity contribution in [1.82, 2.24) is 23.3 Å². The highest BCUT2D eigenvalue weighted by Crippen LogP contribution is 2.22. The van der Waals surface area contributed by atoms with Gasteiger partial charge >= 0.3 is 0 Å². The van der Waals surface area contributed by atoms with E-state index in [1.54, 1.807) is 8.61 Å². The van der Waals surface area contributed by atoms with Gasteiger partial charge in [-0.15, -0.1) is 0 Å². The number of nitrogens with zero attached hydrogens (tertiary/aromatic N) is 5. The molecule has 3 fully saturated rings. The van der Waals surface area contributed by atoms with Gasteiger partial charge in [-0.3, -0.25) is 4.79 Å². The molecule has 3 saturated heterocycles. The summed E-state index contributed by atoms with van der Waals surface area (Å²) in [5, 5.41) is 0. The molecular weight excluding hydrogens is 366 g/mol. The highest BCUT2D eigenvalue weighted by atomic mass is 32.2. The van der Waals surface area contributed by atoms with E-state index in [4.69, 9.17) is 0 Å². The Morgan fingerprint density at radius 1 is 0.889 bits per heavy atom. The first-order valence-corrected chi connectivity index (χ1v) is 11.7. The molecule has 3 aliphatic rings. The van der Waals surface area contributed by atoms with Gasteiger partial charge in [0.15, 0.2) is 0 Å². The van der Waals surface area contributed by atoms with Crippen LogP contribution in [-0.4, -0.2) is 116 Å². The first-order valence-electron chi connectivity index (χ1n) is 10.3. The third kappa shape index (κ3) is 4.82. The summed E-state index contributed by atoms with van der Waals surface area (Å²) in [5.41, 5.74) is 0. The normalized spacial score (nSPS) is 28.0. The van der Waals surface area contributed by atoms with Gasteiger partial charge in [-0.2, -0.15) is 17.0 Å². The molecule has 3 aliphatic heterocycles. The minimum atomic E-state index is -3.41. The number of likely N-dealkylation sites (tertiary alicyclic amines) is 1. The number of amides is 1. The van der Waals surface area contributed by atoms with Crippen LogP contribution in [0.1, 0.15) is 26.7 Å². The van der Waals surface area contributed by atoms with Gasteiger partial charge < -0.3 is 14.7 Å². The number of carbonyl (C=O) groups is 1. The van der Waals surface area contributed by atoms with Crippen LogP contribution in [-0.2, 0) is 15.0 Å². The lowest BCUT2D eigenvalue weighted by atomic mass is 9.95. The van der Waals surface area contributed by atoms with E-state index in [-0.39, 0.29) is 11.8 Å². The van der Waals surface area contributed by atoms with Crippen LogP contribution in [0, 0.1) is 5.92 Å². The Labute approximate surface area is 164 Å². The van der Waals surface area contributed by atoms with Crippen LogP contribution < -0.4 is 0 Å². The predicted octanol–water partition coefficient (Wildman–Crippen LogP) is -0.257. The molecule has 0 saturated carbocycles. The number of likely N-dealkylation sites (N-methyl/N-ethyl adjacent to an activating group) is 1. The van der Waals surface area contributed by atoms with Crippen LogP contribution >= 0.6 is 0 Å². The summed E-state index contributed by atoms with van der Waals surface area (Å²) in [6.45, 7) is 10.7. The average Bonchev–Trinajstić information content (AvgIpc) is 2.68. The van der Waals surface area contributed by atoms with Gasteiger partial charge in [-0.25, -0.2) is 0 Å². The van der Waals surface area contributed by atoms with E-state index in [0.717, 1.165) is 39.0 Å². The molecule has 0 aromatic rings. The number of piperazine rings is 2. The monoisotopic (exact) mass is 401 g/mol. The summed E-state index contributed by atoms with van der Waals surface area (Å²) in [4.78, 5) is 19.3. The van der Waals surface area contributed by atoms with Gasteiger partial charge in [0.1, 0.15) is 0 Å². The van der Waals surface area contributed by atoms with Gasteiger partial charge in [-0.1, -0.05) is 0 Å². The van der Waals surface area contributed by atoms with Crippen molar-refractivity contribution < 1.29 is 13.2 Å². The molecule has 0 spiro atoms. The molecule has 1 atom stereocenters. The number of rotatable bonds is 4. The molecular formula is C18H35N5O3S. The molecule has 0 aromatic heterocycles. The third-order valence-electron chi connectivity index (χ3n) is 6.20. The average molecular weight is 402 g/mol. The Balaban J connectivity index is 1.53. The second kappa shape index (κ2) is 8.73. The molecule has 3 heterocycles. The summed E-state index contributed by atoms with van der Waals surface area (Å²) < 4.78 is 28.9. The number of hydrogen-bond donors (Lipinski definition) is 0. The number of carbonyl (C=O) groups excluding carboxylic acids is 1. The highest BCUT2D eigenvalue weighted by Gasteiger charge is 2.36. The van der Waals surface area contributed by atoms with Crippen LogP contribution in [0.5, 0.6) is 0 Å². The van der Waals surface area contributed by atoms with E-state index in [2.05, 4.69) is 23.6 Å².